The molecule has 0 aliphatic carbocycles. The number of carbonyl (C=O) groups excluding carboxylic acids is 2. The van der Waals surface area contributed by atoms with Crippen LogP contribution in [0.15, 0.2) is 53.7 Å². The summed E-state index contributed by atoms with van der Waals surface area (Å²) in [6, 6.07) is 11.8. The molecule has 2 saturated heterocycles. The summed E-state index contributed by atoms with van der Waals surface area (Å²) in [7, 11) is 0. The van der Waals surface area contributed by atoms with Crippen LogP contribution < -0.4 is 10.1 Å². The number of alkyl carbamates (subject to hydrolysis) is 1. The molecule has 0 saturated carbocycles. The van der Waals surface area contributed by atoms with Gasteiger partial charge < -0.3 is 24.5 Å². The van der Waals surface area contributed by atoms with Crippen LogP contribution in [0.5, 0.6) is 5.75 Å². The van der Waals surface area contributed by atoms with E-state index >= 15 is 0 Å². The van der Waals surface area contributed by atoms with Crippen LogP contribution in [0.2, 0.25) is 0 Å². The average Bonchev–Trinajstić information content (AvgIpc) is 3.25. The largest absolute Gasteiger partial charge is 0.484 e. The number of nitrogens with zero attached hydrogens (tertiary/aromatic N) is 2. The Bertz CT molecular complexity index is 1130. The Balaban J connectivity index is 1.24. The summed E-state index contributed by atoms with van der Waals surface area (Å²) in [5.74, 6) is 0.393. The Labute approximate surface area is 212 Å². The van der Waals surface area contributed by atoms with Crippen LogP contribution in [0, 0.1) is 0 Å². The van der Waals surface area contributed by atoms with E-state index in [1.165, 1.54) is 12.1 Å². The van der Waals surface area contributed by atoms with E-state index in [2.05, 4.69) is 10.5 Å². The summed E-state index contributed by atoms with van der Waals surface area (Å²) in [5.41, 5.74) is 0.819. The zero-order valence-corrected chi connectivity index (χ0v) is 20.3. The Hall–Kier alpha value is -3.76. The maximum Gasteiger partial charge on any atom is 0.416 e. The molecule has 1 spiro atoms. The molecule has 198 valence electrons. The van der Waals surface area contributed by atoms with E-state index in [9.17, 15) is 22.8 Å². The third-order valence-corrected chi connectivity index (χ3v) is 6.46. The SMILES string of the molecule is CCC(=NOCc1ccc(C(F)(F)F)cc1)c1ccc(OCC(=O)N2CCC3(CC2)CNC(=O)O3)cc1. The first kappa shape index (κ1) is 26.3. The standard InChI is InChI=1S/C26H28F3N3O5/c1-2-22(31-36-15-18-3-7-20(8-4-18)26(27,28)29)19-5-9-21(10-6-19)35-16-23(33)32-13-11-25(12-14-32)17-30-24(34)37-25/h3-10H,2,11-17H2,1H3,(H,30,34). The van der Waals surface area contributed by atoms with Gasteiger partial charge in [-0.3, -0.25) is 4.79 Å². The van der Waals surface area contributed by atoms with Gasteiger partial charge in [-0.25, -0.2) is 4.79 Å². The molecule has 2 amide bonds. The van der Waals surface area contributed by atoms with Gasteiger partial charge >= 0.3 is 12.3 Å². The molecular weight excluding hydrogens is 491 g/mol. The second-order valence-corrected chi connectivity index (χ2v) is 8.98. The van der Waals surface area contributed by atoms with Gasteiger partial charge in [-0.15, -0.1) is 0 Å². The summed E-state index contributed by atoms with van der Waals surface area (Å²) >= 11 is 0. The van der Waals surface area contributed by atoms with Gasteiger partial charge in [0, 0.05) is 25.9 Å². The fraction of sp³-hybridized carbons (Fsp3) is 0.423. The molecule has 0 atom stereocenters. The lowest BCUT2D eigenvalue weighted by molar-refractivity contribution is -0.138. The van der Waals surface area contributed by atoms with Crippen molar-refractivity contribution in [3.63, 3.8) is 0 Å². The second-order valence-electron chi connectivity index (χ2n) is 8.98. The highest BCUT2D eigenvalue weighted by Crippen LogP contribution is 2.30. The number of alkyl halides is 3. The van der Waals surface area contributed by atoms with Gasteiger partial charge in [-0.1, -0.05) is 24.2 Å². The molecule has 4 rings (SSSR count). The summed E-state index contributed by atoms with van der Waals surface area (Å²) in [6.07, 6.45) is -3.03. The number of oxime groups is 1. The number of carbonyl (C=O) groups is 2. The topological polar surface area (TPSA) is 89.5 Å². The number of rotatable bonds is 8. The van der Waals surface area contributed by atoms with Crippen LogP contribution in [0.3, 0.4) is 0 Å². The first-order valence-corrected chi connectivity index (χ1v) is 12.0. The molecular formula is C26H28F3N3O5. The molecule has 2 fully saturated rings. The summed E-state index contributed by atoms with van der Waals surface area (Å²) in [6.45, 7) is 3.32. The number of nitrogens with one attached hydrogen (secondary N) is 1. The van der Waals surface area contributed by atoms with E-state index in [0.717, 1.165) is 17.7 Å². The van der Waals surface area contributed by atoms with Gasteiger partial charge in [-0.2, -0.15) is 13.2 Å². The van der Waals surface area contributed by atoms with E-state index in [4.69, 9.17) is 14.3 Å². The molecule has 11 heteroatoms. The van der Waals surface area contributed by atoms with Crippen molar-refractivity contribution >= 4 is 17.7 Å². The van der Waals surface area contributed by atoms with Gasteiger partial charge in [0.1, 0.15) is 18.0 Å². The Morgan fingerprint density at radius 3 is 2.35 bits per heavy atom. The lowest BCUT2D eigenvalue weighted by atomic mass is 9.91. The minimum absolute atomic E-state index is 0.0432. The highest BCUT2D eigenvalue weighted by atomic mass is 19.4. The molecule has 0 unspecified atom stereocenters. The number of ether oxygens (including phenoxy) is 2. The van der Waals surface area contributed by atoms with Gasteiger partial charge in [-0.05, 0) is 53.9 Å². The van der Waals surface area contributed by atoms with Crippen molar-refractivity contribution in [2.24, 2.45) is 5.16 Å². The molecule has 2 aliphatic heterocycles. The normalized spacial score (nSPS) is 17.4. The number of piperidine rings is 1. The van der Waals surface area contributed by atoms with Crippen molar-refractivity contribution in [3.05, 3.63) is 65.2 Å². The summed E-state index contributed by atoms with van der Waals surface area (Å²) in [4.78, 5) is 31.0. The zero-order chi connectivity index (χ0) is 26.5. The maximum atomic E-state index is 12.7. The van der Waals surface area contributed by atoms with E-state index in [0.29, 0.717) is 55.9 Å². The van der Waals surface area contributed by atoms with Gasteiger partial charge in [0.05, 0.1) is 17.8 Å². The van der Waals surface area contributed by atoms with Gasteiger partial charge in [0.15, 0.2) is 6.61 Å². The third kappa shape index (κ3) is 6.72. The minimum Gasteiger partial charge on any atom is -0.484 e. The first-order valence-electron chi connectivity index (χ1n) is 12.0. The second kappa shape index (κ2) is 11.1. The van der Waals surface area contributed by atoms with Crippen molar-refractivity contribution in [3.8, 4) is 5.75 Å². The van der Waals surface area contributed by atoms with E-state index in [-0.39, 0.29) is 19.1 Å². The van der Waals surface area contributed by atoms with Crippen molar-refractivity contribution in [2.75, 3.05) is 26.2 Å². The van der Waals surface area contributed by atoms with E-state index < -0.39 is 23.4 Å². The quantitative estimate of drug-likeness (QED) is 0.409. The van der Waals surface area contributed by atoms with Crippen molar-refractivity contribution in [1.29, 1.82) is 0 Å². The molecule has 0 bridgehead atoms. The molecule has 2 aromatic rings. The molecule has 0 aromatic heterocycles. The number of likely N-dealkylation sites (tertiary alicyclic amines) is 1. The van der Waals surface area contributed by atoms with Crippen LogP contribution in [0.1, 0.15) is 42.9 Å². The smallest absolute Gasteiger partial charge is 0.416 e. The number of halogens is 3. The highest BCUT2D eigenvalue weighted by molar-refractivity contribution is 6.00. The number of benzene rings is 2. The monoisotopic (exact) mass is 519 g/mol. The van der Waals surface area contributed by atoms with Crippen LogP contribution in [-0.2, 0) is 27.2 Å². The Morgan fingerprint density at radius 2 is 1.78 bits per heavy atom. The molecule has 1 N–H and O–H groups in total. The van der Waals surface area contributed by atoms with Crippen LogP contribution in [0.4, 0.5) is 18.0 Å². The third-order valence-electron chi connectivity index (χ3n) is 6.46. The zero-order valence-electron chi connectivity index (χ0n) is 20.3. The number of hydrogen-bond donors (Lipinski definition) is 1. The van der Waals surface area contributed by atoms with Gasteiger partial charge in [0.25, 0.3) is 5.91 Å². The predicted molar refractivity (Wildman–Crippen MR) is 128 cm³/mol. The molecule has 2 heterocycles. The van der Waals surface area contributed by atoms with E-state index in [1.54, 1.807) is 29.2 Å². The molecule has 0 radical (unpaired) electrons. The first-order chi connectivity index (χ1) is 17.7. The summed E-state index contributed by atoms with van der Waals surface area (Å²) < 4.78 is 49.1. The fourth-order valence-electron chi connectivity index (χ4n) is 4.22. The van der Waals surface area contributed by atoms with Crippen LogP contribution in [-0.4, -0.2) is 54.5 Å². The highest BCUT2D eigenvalue weighted by Gasteiger charge is 2.43. The fourth-order valence-corrected chi connectivity index (χ4v) is 4.22. The van der Waals surface area contributed by atoms with Crippen LogP contribution in [0.25, 0.3) is 0 Å². The van der Waals surface area contributed by atoms with Crippen molar-refractivity contribution in [1.82, 2.24) is 10.2 Å². The lowest BCUT2D eigenvalue weighted by Crippen LogP contribution is -2.49. The predicted octanol–water partition coefficient (Wildman–Crippen LogP) is 4.52. The average molecular weight is 520 g/mol. The molecule has 37 heavy (non-hydrogen) atoms. The van der Waals surface area contributed by atoms with E-state index in [1.807, 2.05) is 6.92 Å². The molecule has 8 nitrogen and oxygen atoms in total. The van der Waals surface area contributed by atoms with Gasteiger partial charge in [0.2, 0.25) is 0 Å². The molecule has 2 aromatic carbocycles. The minimum atomic E-state index is -4.38. The Kier molecular flexibility index (Phi) is 7.89. The maximum absolute atomic E-state index is 12.7. The van der Waals surface area contributed by atoms with Crippen molar-refractivity contribution in [2.45, 2.75) is 44.6 Å². The van der Waals surface area contributed by atoms with Crippen molar-refractivity contribution < 1.29 is 37.1 Å². The Morgan fingerprint density at radius 1 is 1.11 bits per heavy atom. The summed E-state index contributed by atoms with van der Waals surface area (Å²) in [5, 5.41) is 6.81. The number of amides is 2. The molecule has 2 aliphatic rings. The van der Waals surface area contributed by atoms with Crippen LogP contribution >= 0.6 is 0 Å². The lowest BCUT2D eigenvalue weighted by Gasteiger charge is -2.37. The number of hydrogen-bond acceptors (Lipinski definition) is 6.